The van der Waals surface area contributed by atoms with Gasteiger partial charge in [-0.1, -0.05) is 18.2 Å². The molecule has 1 aliphatic rings. The van der Waals surface area contributed by atoms with E-state index in [1.807, 2.05) is 11.3 Å². The molecule has 0 radical (unpaired) electrons. The van der Waals surface area contributed by atoms with Crippen LogP contribution < -0.4 is 5.32 Å². The Hall–Kier alpha value is -1.12. The van der Waals surface area contributed by atoms with Gasteiger partial charge in [0.05, 0.1) is 0 Å². The Morgan fingerprint density at radius 2 is 2.00 bits per heavy atom. The van der Waals surface area contributed by atoms with Gasteiger partial charge in [-0.25, -0.2) is 0 Å². The normalized spacial score (nSPS) is 15.5. The predicted molar refractivity (Wildman–Crippen MR) is 83.0 cm³/mol. The summed E-state index contributed by atoms with van der Waals surface area (Å²) in [5, 5.41) is 3.46. The molecule has 19 heavy (non-hydrogen) atoms. The van der Waals surface area contributed by atoms with E-state index < -0.39 is 0 Å². The Bertz CT molecular complexity index is 570. The lowest BCUT2D eigenvalue weighted by atomic mass is 10.0. The fourth-order valence-corrected chi connectivity index (χ4v) is 3.96. The minimum Gasteiger partial charge on any atom is -0.312 e. The van der Waals surface area contributed by atoms with E-state index in [-0.39, 0.29) is 0 Å². The number of aryl methyl sites for hydroxylation is 3. The van der Waals surface area contributed by atoms with Crippen LogP contribution in [0.1, 0.15) is 38.9 Å². The molecule has 1 atom stereocenters. The van der Waals surface area contributed by atoms with E-state index in [2.05, 4.69) is 49.6 Å². The van der Waals surface area contributed by atoms with Gasteiger partial charge in [-0.05, 0) is 68.5 Å². The zero-order valence-corrected chi connectivity index (χ0v) is 12.5. The van der Waals surface area contributed by atoms with E-state index in [1.54, 1.807) is 11.1 Å². The Morgan fingerprint density at radius 3 is 2.74 bits per heavy atom. The number of benzene rings is 1. The lowest BCUT2D eigenvalue weighted by Crippen LogP contribution is -2.17. The summed E-state index contributed by atoms with van der Waals surface area (Å²) in [6.07, 6.45) is 4.96. The second kappa shape index (κ2) is 5.48. The molecule has 3 rings (SSSR count). The maximum Gasteiger partial charge on any atom is 0.0453 e. The highest BCUT2D eigenvalue weighted by atomic mass is 32.1. The fourth-order valence-electron chi connectivity index (χ4n) is 2.97. The molecule has 0 saturated heterocycles. The minimum atomic E-state index is 0.443. The van der Waals surface area contributed by atoms with Crippen molar-refractivity contribution in [2.75, 3.05) is 7.05 Å². The first-order valence-electron chi connectivity index (χ1n) is 7.10. The van der Waals surface area contributed by atoms with Gasteiger partial charge < -0.3 is 5.32 Å². The van der Waals surface area contributed by atoms with Crippen molar-refractivity contribution in [1.82, 2.24) is 5.32 Å². The maximum absolute atomic E-state index is 3.46. The SMILES string of the molecule is CNC(Cc1ccc2c(c1)CCC2)c1ccc(C)s1. The van der Waals surface area contributed by atoms with Gasteiger partial charge in [0.15, 0.2) is 0 Å². The van der Waals surface area contributed by atoms with Gasteiger partial charge in [0.1, 0.15) is 0 Å². The van der Waals surface area contributed by atoms with E-state index in [0.29, 0.717) is 6.04 Å². The van der Waals surface area contributed by atoms with Gasteiger partial charge >= 0.3 is 0 Å². The van der Waals surface area contributed by atoms with Crippen molar-refractivity contribution in [3.05, 3.63) is 56.8 Å². The average molecular weight is 271 g/mol. The van der Waals surface area contributed by atoms with Crippen LogP contribution in [0.5, 0.6) is 0 Å². The molecule has 0 saturated carbocycles. The first-order chi connectivity index (χ1) is 9.26. The van der Waals surface area contributed by atoms with Gasteiger partial charge in [-0.3, -0.25) is 0 Å². The monoisotopic (exact) mass is 271 g/mol. The zero-order chi connectivity index (χ0) is 13.2. The molecule has 2 heteroatoms. The summed E-state index contributed by atoms with van der Waals surface area (Å²) in [6.45, 7) is 2.18. The van der Waals surface area contributed by atoms with Gasteiger partial charge in [0, 0.05) is 15.8 Å². The third-order valence-electron chi connectivity index (χ3n) is 4.06. The van der Waals surface area contributed by atoms with Crippen LogP contribution in [-0.2, 0) is 19.3 Å². The third kappa shape index (κ3) is 2.75. The number of rotatable bonds is 4. The average Bonchev–Trinajstić information content (AvgIpc) is 3.04. The molecule has 1 aromatic heterocycles. The summed E-state index contributed by atoms with van der Waals surface area (Å²) in [4.78, 5) is 2.84. The lowest BCUT2D eigenvalue weighted by Gasteiger charge is -2.15. The van der Waals surface area contributed by atoms with Crippen LogP contribution in [0.25, 0.3) is 0 Å². The summed E-state index contributed by atoms with van der Waals surface area (Å²) in [5.74, 6) is 0. The van der Waals surface area contributed by atoms with Crippen LogP contribution in [0.15, 0.2) is 30.3 Å². The van der Waals surface area contributed by atoms with Crippen LogP contribution in [0.2, 0.25) is 0 Å². The second-order valence-electron chi connectivity index (χ2n) is 5.45. The van der Waals surface area contributed by atoms with Crippen LogP contribution in [0.4, 0.5) is 0 Å². The summed E-state index contributed by atoms with van der Waals surface area (Å²) in [5.41, 5.74) is 4.61. The van der Waals surface area contributed by atoms with Crippen LogP contribution in [0.3, 0.4) is 0 Å². The van der Waals surface area contributed by atoms with Gasteiger partial charge in [0.2, 0.25) is 0 Å². The molecule has 100 valence electrons. The zero-order valence-electron chi connectivity index (χ0n) is 11.7. The molecule has 1 heterocycles. The molecule has 1 unspecified atom stereocenters. The highest BCUT2D eigenvalue weighted by Gasteiger charge is 2.15. The van der Waals surface area contributed by atoms with Crippen molar-refractivity contribution >= 4 is 11.3 Å². The second-order valence-corrected chi connectivity index (χ2v) is 6.77. The molecule has 2 aromatic rings. The molecule has 1 aliphatic carbocycles. The van der Waals surface area contributed by atoms with Crippen molar-refractivity contribution in [2.24, 2.45) is 0 Å². The van der Waals surface area contributed by atoms with Crippen molar-refractivity contribution in [3.8, 4) is 0 Å². The molecule has 0 spiro atoms. The van der Waals surface area contributed by atoms with Crippen molar-refractivity contribution in [2.45, 2.75) is 38.6 Å². The van der Waals surface area contributed by atoms with Crippen LogP contribution in [-0.4, -0.2) is 7.05 Å². The summed E-state index contributed by atoms with van der Waals surface area (Å²) in [7, 11) is 2.06. The van der Waals surface area contributed by atoms with E-state index >= 15 is 0 Å². The number of fused-ring (bicyclic) bond motifs is 1. The Kier molecular flexibility index (Phi) is 3.72. The van der Waals surface area contributed by atoms with Gasteiger partial charge in [-0.15, -0.1) is 11.3 Å². The Morgan fingerprint density at radius 1 is 1.16 bits per heavy atom. The molecule has 1 nitrogen and oxygen atoms in total. The van der Waals surface area contributed by atoms with E-state index in [1.165, 1.54) is 34.6 Å². The smallest absolute Gasteiger partial charge is 0.0453 e. The van der Waals surface area contributed by atoms with Gasteiger partial charge in [0.25, 0.3) is 0 Å². The Labute approximate surface area is 119 Å². The maximum atomic E-state index is 3.46. The number of nitrogens with one attached hydrogen (secondary N) is 1. The number of thiophene rings is 1. The first kappa shape index (κ1) is 12.9. The topological polar surface area (TPSA) is 12.0 Å². The molecule has 1 aromatic carbocycles. The number of likely N-dealkylation sites (N-methyl/N-ethyl adjacent to an activating group) is 1. The minimum absolute atomic E-state index is 0.443. The highest BCUT2D eigenvalue weighted by molar-refractivity contribution is 7.12. The number of hydrogen-bond donors (Lipinski definition) is 1. The fraction of sp³-hybridized carbons (Fsp3) is 0.412. The quantitative estimate of drug-likeness (QED) is 0.884. The summed E-state index contributed by atoms with van der Waals surface area (Å²) in [6, 6.07) is 12.0. The largest absolute Gasteiger partial charge is 0.312 e. The summed E-state index contributed by atoms with van der Waals surface area (Å²) < 4.78 is 0. The van der Waals surface area contributed by atoms with Crippen LogP contribution >= 0.6 is 11.3 Å². The highest BCUT2D eigenvalue weighted by Crippen LogP contribution is 2.28. The lowest BCUT2D eigenvalue weighted by molar-refractivity contribution is 0.602. The van der Waals surface area contributed by atoms with E-state index in [9.17, 15) is 0 Å². The Balaban J connectivity index is 1.79. The standard InChI is InChI=1S/C17H21NS/c1-12-6-9-17(19-12)16(18-2)11-13-7-8-14-4-3-5-15(14)10-13/h6-10,16,18H,3-5,11H2,1-2H3. The van der Waals surface area contributed by atoms with Crippen molar-refractivity contribution < 1.29 is 0 Å². The summed E-state index contributed by atoms with van der Waals surface area (Å²) >= 11 is 1.90. The van der Waals surface area contributed by atoms with Crippen LogP contribution in [0, 0.1) is 6.92 Å². The predicted octanol–water partition coefficient (Wildman–Crippen LogP) is 4.05. The molecule has 0 fully saturated rings. The molecular weight excluding hydrogens is 250 g/mol. The third-order valence-corrected chi connectivity index (χ3v) is 5.17. The van der Waals surface area contributed by atoms with Crippen molar-refractivity contribution in [3.63, 3.8) is 0 Å². The van der Waals surface area contributed by atoms with E-state index in [0.717, 1.165) is 6.42 Å². The molecule has 0 bridgehead atoms. The van der Waals surface area contributed by atoms with Gasteiger partial charge in [-0.2, -0.15) is 0 Å². The number of hydrogen-bond acceptors (Lipinski definition) is 2. The molecule has 1 N–H and O–H groups in total. The first-order valence-corrected chi connectivity index (χ1v) is 7.92. The molecule has 0 aliphatic heterocycles. The molecule has 0 amide bonds. The molecular formula is C17H21NS. The van der Waals surface area contributed by atoms with E-state index in [4.69, 9.17) is 0 Å². The van der Waals surface area contributed by atoms with Crippen molar-refractivity contribution in [1.29, 1.82) is 0 Å².